The van der Waals surface area contributed by atoms with Gasteiger partial charge in [-0.25, -0.2) is 9.97 Å². The maximum absolute atomic E-state index is 4.63. The van der Waals surface area contributed by atoms with Crippen molar-refractivity contribution in [2.24, 2.45) is 0 Å². The molecule has 3 aromatic rings. The summed E-state index contributed by atoms with van der Waals surface area (Å²) in [6.07, 6.45) is 8.09. The number of rotatable bonds is 0. The van der Waals surface area contributed by atoms with Crippen molar-refractivity contribution in [1.82, 2.24) is 19.9 Å². The van der Waals surface area contributed by atoms with E-state index < -0.39 is 0 Å². The second-order valence-electron chi connectivity index (χ2n) is 5.91. The van der Waals surface area contributed by atoms with E-state index in [1.807, 2.05) is 48.6 Å². The summed E-state index contributed by atoms with van der Waals surface area (Å²) in [6, 6.07) is 16.4. The molecule has 8 bridgehead atoms. The van der Waals surface area contributed by atoms with Crippen molar-refractivity contribution >= 4 is 46.4 Å². The first-order valence-electron chi connectivity index (χ1n) is 7.85. The minimum Gasteiger partial charge on any atom is -0.355 e. The van der Waals surface area contributed by atoms with Crippen LogP contribution in [0.15, 0.2) is 48.5 Å². The molecular formula is C20H14N4Yb. The first kappa shape index (κ1) is 16.6. The molecule has 0 atom stereocenters. The summed E-state index contributed by atoms with van der Waals surface area (Å²) in [5.74, 6) is 0. The molecule has 5 heterocycles. The van der Waals surface area contributed by atoms with E-state index in [-0.39, 0.29) is 46.9 Å². The molecule has 0 fully saturated rings. The quantitative estimate of drug-likeness (QED) is 0.337. The number of hydrogen-bond acceptors (Lipinski definition) is 2. The fourth-order valence-corrected chi connectivity index (χ4v) is 2.94. The van der Waals surface area contributed by atoms with Gasteiger partial charge in [-0.1, -0.05) is 0 Å². The molecule has 0 aromatic carbocycles. The van der Waals surface area contributed by atoms with Crippen LogP contribution in [-0.2, 0) is 0 Å². The average molecular weight is 483 g/mol. The Morgan fingerprint density at radius 3 is 1.04 bits per heavy atom. The van der Waals surface area contributed by atoms with Gasteiger partial charge in [0.1, 0.15) is 0 Å². The fraction of sp³-hybridized carbons (Fsp3) is 0. The molecule has 25 heavy (non-hydrogen) atoms. The summed E-state index contributed by atoms with van der Waals surface area (Å²) < 4.78 is 0. The molecule has 0 spiro atoms. The predicted molar refractivity (Wildman–Crippen MR) is 98.9 cm³/mol. The molecule has 0 amide bonds. The van der Waals surface area contributed by atoms with Gasteiger partial charge in [0.15, 0.2) is 0 Å². The SMILES string of the molecule is C1=Cc2cc3ccc(cc4nc(cc5ccc(cc1n2)[nH]5)C=C4)[nH]3.[Yb]. The molecule has 0 radical (unpaired) electrons. The Labute approximate surface area is 183 Å². The number of hydrogen-bond donors (Lipinski definition) is 2. The smallest absolute Gasteiger partial charge is 0.0658 e. The summed E-state index contributed by atoms with van der Waals surface area (Å²) in [4.78, 5) is 16.0. The number of aromatic nitrogens is 4. The van der Waals surface area contributed by atoms with Crippen molar-refractivity contribution in [2.45, 2.75) is 0 Å². The van der Waals surface area contributed by atoms with Gasteiger partial charge in [0.2, 0.25) is 0 Å². The molecule has 2 N–H and O–H groups in total. The normalized spacial score (nSPS) is 12.2. The molecule has 0 unspecified atom stereocenters. The van der Waals surface area contributed by atoms with Gasteiger partial charge in [0.25, 0.3) is 0 Å². The minimum absolute atomic E-state index is 0. The van der Waals surface area contributed by atoms with Gasteiger partial charge in [-0.3, -0.25) is 0 Å². The van der Waals surface area contributed by atoms with Crippen molar-refractivity contribution < 1.29 is 46.9 Å². The number of nitrogens with zero attached hydrogens (tertiary/aromatic N) is 2. The van der Waals surface area contributed by atoms with Crippen LogP contribution in [0.5, 0.6) is 0 Å². The zero-order valence-corrected chi connectivity index (χ0v) is 14.8. The van der Waals surface area contributed by atoms with E-state index in [4.69, 9.17) is 0 Å². The van der Waals surface area contributed by atoms with Crippen LogP contribution in [0.4, 0.5) is 0 Å². The maximum Gasteiger partial charge on any atom is 0.0658 e. The molecule has 0 saturated heterocycles. The van der Waals surface area contributed by atoms with Crippen LogP contribution in [0.2, 0.25) is 0 Å². The van der Waals surface area contributed by atoms with Crippen molar-refractivity contribution in [3.05, 3.63) is 71.3 Å². The summed E-state index contributed by atoms with van der Waals surface area (Å²) >= 11 is 0. The molecule has 5 rings (SSSR count). The molecule has 5 heteroatoms. The number of fused-ring (bicyclic) bond motifs is 8. The van der Waals surface area contributed by atoms with E-state index in [0.717, 1.165) is 44.8 Å². The van der Waals surface area contributed by atoms with Gasteiger partial charge in [-0.2, -0.15) is 0 Å². The minimum atomic E-state index is 0. The van der Waals surface area contributed by atoms with Crippen molar-refractivity contribution in [3.8, 4) is 0 Å². The first-order valence-corrected chi connectivity index (χ1v) is 7.85. The van der Waals surface area contributed by atoms with Crippen molar-refractivity contribution in [3.63, 3.8) is 0 Å². The van der Waals surface area contributed by atoms with E-state index in [9.17, 15) is 0 Å². The van der Waals surface area contributed by atoms with Crippen LogP contribution in [-0.4, -0.2) is 19.9 Å². The largest absolute Gasteiger partial charge is 0.355 e. The number of nitrogens with one attached hydrogen (secondary N) is 2. The Hall–Kier alpha value is -1.88. The van der Waals surface area contributed by atoms with Crippen LogP contribution in [0, 0.1) is 46.9 Å². The number of H-pyrrole nitrogens is 2. The second-order valence-corrected chi connectivity index (χ2v) is 5.91. The van der Waals surface area contributed by atoms with Crippen LogP contribution >= 0.6 is 0 Å². The van der Waals surface area contributed by atoms with E-state index in [1.54, 1.807) is 0 Å². The Kier molecular flexibility index (Phi) is 4.50. The van der Waals surface area contributed by atoms with E-state index in [0.29, 0.717) is 0 Å². The topological polar surface area (TPSA) is 57.4 Å². The Bertz CT molecular complexity index is 990. The first-order chi connectivity index (χ1) is 11.8. The Morgan fingerprint density at radius 1 is 0.480 bits per heavy atom. The molecule has 2 aliphatic rings. The van der Waals surface area contributed by atoms with E-state index >= 15 is 0 Å². The zero-order valence-electron chi connectivity index (χ0n) is 13.1. The molecule has 4 nitrogen and oxygen atoms in total. The molecule has 0 aliphatic carbocycles. The van der Waals surface area contributed by atoms with Crippen LogP contribution in [0.3, 0.4) is 0 Å². The Morgan fingerprint density at radius 2 is 0.760 bits per heavy atom. The summed E-state index contributed by atoms with van der Waals surface area (Å²) in [5.41, 5.74) is 7.86. The molecule has 3 aromatic heterocycles. The van der Waals surface area contributed by atoms with Crippen molar-refractivity contribution in [2.75, 3.05) is 0 Å². The number of aromatic amines is 2. The average Bonchev–Trinajstić information content (AvgIpc) is 3.32. The van der Waals surface area contributed by atoms with Crippen molar-refractivity contribution in [1.29, 1.82) is 0 Å². The maximum atomic E-state index is 4.63. The molecule has 128 valence electrons. The monoisotopic (exact) mass is 484 g/mol. The van der Waals surface area contributed by atoms with Crippen LogP contribution in [0.1, 0.15) is 22.8 Å². The zero-order chi connectivity index (χ0) is 15.9. The van der Waals surface area contributed by atoms with Gasteiger partial charge in [-0.05, 0) is 72.8 Å². The van der Waals surface area contributed by atoms with Gasteiger partial charge >= 0.3 is 0 Å². The van der Waals surface area contributed by atoms with Gasteiger partial charge in [0, 0.05) is 69.0 Å². The third-order valence-corrected chi connectivity index (χ3v) is 4.04. The second kappa shape index (κ2) is 6.79. The third-order valence-electron chi connectivity index (χ3n) is 4.04. The van der Waals surface area contributed by atoms with E-state index in [1.165, 1.54) is 0 Å². The fourth-order valence-electron chi connectivity index (χ4n) is 2.94. The van der Waals surface area contributed by atoms with Crippen LogP contribution in [0.25, 0.3) is 46.4 Å². The van der Waals surface area contributed by atoms with E-state index in [2.05, 4.69) is 44.2 Å². The summed E-state index contributed by atoms with van der Waals surface area (Å²) in [6.45, 7) is 0. The van der Waals surface area contributed by atoms with Gasteiger partial charge in [-0.15, -0.1) is 0 Å². The van der Waals surface area contributed by atoms with Gasteiger partial charge in [0.05, 0.1) is 22.8 Å². The standard InChI is InChI=1S/C20H14N4.Yb/c1-2-14-10-16-5-6-18(23-16)12-20-8-7-19(24-20)11-17-4-3-15(22-17)9-13(1)21-14;/h1-12,21,24H;. The molecule has 2 aliphatic heterocycles. The Balaban J connectivity index is 0.00000157. The summed E-state index contributed by atoms with van der Waals surface area (Å²) in [5, 5.41) is 0. The van der Waals surface area contributed by atoms with Gasteiger partial charge < -0.3 is 9.97 Å². The molecular weight excluding hydrogens is 469 g/mol. The third kappa shape index (κ3) is 3.56. The summed E-state index contributed by atoms with van der Waals surface area (Å²) in [7, 11) is 0. The van der Waals surface area contributed by atoms with Crippen LogP contribution < -0.4 is 0 Å². The predicted octanol–water partition coefficient (Wildman–Crippen LogP) is 4.66. The molecule has 0 saturated carbocycles.